The Bertz CT molecular complexity index is 528. The fourth-order valence-corrected chi connectivity index (χ4v) is 6.46. The number of amides is 1. The molecule has 0 unspecified atom stereocenters. The third kappa shape index (κ3) is 3.44. The Morgan fingerprint density at radius 2 is 2.30 bits per heavy atom. The van der Waals surface area contributed by atoms with Crippen LogP contribution < -0.4 is 0 Å². The Morgan fingerprint density at radius 3 is 2.95 bits per heavy atom. The molecule has 0 aromatic heterocycles. The first kappa shape index (κ1) is 15.6. The number of hydrogen-bond donors (Lipinski definition) is 0. The third-order valence-corrected chi connectivity index (χ3v) is 6.71. The predicted molar refractivity (Wildman–Crippen MR) is 82.7 cm³/mol. The normalized spacial score (nSPS) is 29.6. The van der Waals surface area contributed by atoms with Crippen molar-refractivity contribution < 1.29 is 13.2 Å². The maximum atomic E-state index is 11.8. The van der Waals surface area contributed by atoms with Crippen LogP contribution in [0.4, 0.5) is 0 Å². The first-order valence-electron chi connectivity index (χ1n) is 6.83. The number of unbranched alkanes of at least 4 members (excludes halogenated alkanes) is 1. The van der Waals surface area contributed by atoms with Crippen LogP contribution in [0.5, 0.6) is 0 Å². The Labute approximate surface area is 124 Å². The molecule has 1 amide bonds. The molecule has 0 spiro atoms. The molecule has 2 rings (SSSR count). The van der Waals surface area contributed by atoms with Crippen molar-refractivity contribution in [3.63, 3.8) is 0 Å². The largest absolute Gasteiger partial charge is 0.342 e. The molecule has 0 aromatic rings. The smallest absolute Gasteiger partial charge is 0.248 e. The van der Waals surface area contributed by atoms with Crippen molar-refractivity contribution in [2.45, 2.75) is 37.5 Å². The zero-order valence-corrected chi connectivity index (χ0v) is 13.3. The second-order valence-corrected chi connectivity index (χ2v) is 8.49. The number of rotatable bonds is 5. The van der Waals surface area contributed by atoms with E-state index < -0.39 is 9.84 Å². The van der Waals surface area contributed by atoms with Crippen LogP contribution in [0.3, 0.4) is 0 Å². The van der Waals surface area contributed by atoms with Crippen molar-refractivity contribution >= 4 is 32.7 Å². The molecule has 2 atom stereocenters. The highest BCUT2D eigenvalue weighted by Gasteiger charge is 2.48. The molecule has 2 saturated heterocycles. The lowest BCUT2D eigenvalue weighted by molar-refractivity contribution is -0.117. The zero-order valence-electron chi connectivity index (χ0n) is 11.6. The number of amidine groups is 1. The summed E-state index contributed by atoms with van der Waals surface area (Å²) in [4.78, 5) is 17.9. The van der Waals surface area contributed by atoms with Gasteiger partial charge in [-0.2, -0.15) is 4.99 Å². The molecule has 0 aliphatic carbocycles. The van der Waals surface area contributed by atoms with Gasteiger partial charge in [-0.05, 0) is 6.42 Å². The van der Waals surface area contributed by atoms with Crippen LogP contribution in [0.15, 0.2) is 17.6 Å². The SMILES string of the molecule is C=CCN1C(=NC(=O)CCCC)S[C@@H]2CS(=O)(=O)C[C@@H]21. The lowest BCUT2D eigenvalue weighted by Gasteiger charge is -2.22. The minimum atomic E-state index is -2.96. The van der Waals surface area contributed by atoms with E-state index in [0.717, 1.165) is 12.8 Å². The van der Waals surface area contributed by atoms with Gasteiger partial charge in [-0.25, -0.2) is 8.42 Å². The molecule has 20 heavy (non-hydrogen) atoms. The van der Waals surface area contributed by atoms with Crippen LogP contribution >= 0.6 is 11.8 Å². The Hall–Kier alpha value is -0.820. The Morgan fingerprint density at radius 1 is 1.55 bits per heavy atom. The lowest BCUT2D eigenvalue weighted by Crippen LogP contribution is -2.37. The summed E-state index contributed by atoms with van der Waals surface area (Å²) in [5, 5.41) is 0.661. The molecule has 2 fully saturated rings. The minimum absolute atomic E-state index is 0.00215. The van der Waals surface area contributed by atoms with Crippen molar-refractivity contribution in [2.24, 2.45) is 4.99 Å². The Balaban J connectivity index is 2.13. The van der Waals surface area contributed by atoms with Crippen LogP contribution in [0.25, 0.3) is 0 Å². The van der Waals surface area contributed by atoms with E-state index in [1.54, 1.807) is 6.08 Å². The fourth-order valence-electron chi connectivity index (χ4n) is 2.48. The summed E-state index contributed by atoms with van der Waals surface area (Å²) in [5.41, 5.74) is 0. The van der Waals surface area contributed by atoms with Gasteiger partial charge in [0.05, 0.1) is 17.5 Å². The van der Waals surface area contributed by atoms with Crippen LogP contribution in [-0.2, 0) is 14.6 Å². The van der Waals surface area contributed by atoms with Crippen molar-refractivity contribution in [3.8, 4) is 0 Å². The van der Waals surface area contributed by atoms with Gasteiger partial charge in [-0.3, -0.25) is 4.79 Å². The molecule has 0 bridgehead atoms. The van der Waals surface area contributed by atoms with E-state index in [1.807, 2.05) is 11.8 Å². The third-order valence-electron chi connectivity index (χ3n) is 3.47. The van der Waals surface area contributed by atoms with E-state index in [9.17, 15) is 13.2 Å². The monoisotopic (exact) mass is 316 g/mol. The van der Waals surface area contributed by atoms with Gasteiger partial charge < -0.3 is 4.90 Å². The van der Waals surface area contributed by atoms with Gasteiger partial charge >= 0.3 is 0 Å². The van der Waals surface area contributed by atoms with E-state index in [0.29, 0.717) is 18.1 Å². The van der Waals surface area contributed by atoms with E-state index >= 15 is 0 Å². The summed E-state index contributed by atoms with van der Waals surface area (Å²) in [5.74, 6) is 0.213. The van der Waals surface area contributed by atoms with E-state index in [1.165, 1.54) is 11.8 Å². The summed E-state index contributed by atoms with van der Waals surface area (Å²) >= 11 is 1.42. The summed E-state index contributed by atoms with van der Waals surface area (Å²) in [7, 11) is -2.96. The van der Waals surface area contributed by atoms with Crippen molar-refractivity contribution in [1.82, 2.24) is 4.90 Å². The van der Waals surface area contributed by atoms with Crippen LogP contribution in [0, 0.1) is 0 Å². The predicted octanol–water partition coefficient (Wildman–Crippen LogP) is 1.46. The first-order chi connectivity index (χ1) is 9.46. The molecule has 5 nitrogen and oxygen atoms in total. The molecular weight excluding hydrogens is 296 g/mol. The molecule has 2 aliphatic heterocycles. The van der Waals surface area contributed by atoms with E-state index in [2.05, 4.69) is 11.6 Å². The van der Waals surface area contributed by atoms with Gasteiger partial charge in [-0.15, -0.1) is 6.58 Å². The second-order valence-electron chi connectivity index (χ2n) is 5.13. The molecule has 112 valence electrons. The summed E-state index contributed by atoms with van der Waals surface area (Å²) in [6.45, 7) is 6.26. The topological polar surface area (TPSA) is 66.8 Å². The van der Waals surface area contributed by atoms with E-state index in [4.69, 9.17) is 0 Å². The number of fused-ring (bicyclic) bond motifs is 1. The van der Waals surface area contributed by atoms with E-state index in [-0.39, 0.29) is 28.7 Å². The summed E-state index contributed by atoms with van der Waals surface area (Å²) < 4.78 is 23.4. The van der Waals surface area contributed by atoms with Gasteiger partial charge in [0.2, 0.25) is 5.91 Å². The average molecular weight is 316 g/mol. The quantitative estimate of drug-likeness (QED) is 0.718. The maximum absolute atomic E-state index is 11.8. The molecule has 0 radical (unpaired) electrons. The highest BCUT2D eigenvalue weighted by molar-refractivity contribution is 8.15. The number of carbonyl (C=O) groups excluding carboxylic acids is 1. The van der Waals surface area contributed by atoms with Crippen molar-refractivity contribution in [1.29, 1.82) is 0 Å². The number of aliphatic imine (C=N–C) groups is 1. The van der Waals surface area contributed by atoms with Crippen LogP contribution in [0.1, 0.15) is 26.2 Å². The lowest BCUT2D eigenvalue weighted by atomic mass is 10.2. The summed E-state index contributed by atoms with van der Waals surface area (Å²) in [6, 6.07) is -0.0688. The van der Waals surface area contributed by atoms with Gasteiger partial charge in [0.1, 0.15) is 0 Å². The zero-order chi connectivity index (χ0) is 14.8. The van der Waals surface area contributed by atoms with Crippen LogP contribution in [0.2, 0.25) is 0 Å². The molecule has 2 aliphatic rings. The standard InChI is InChI=1S/C13H20N2O3S2/c1-3-5-6-12(16)14-13-15(7-4-2)10-8-20(17,18)9-11(10)19-13/h4,10-11H,2-3,5-9H2,1H3/t10-,11+/m0/s1. The molecule has 0 N–H and O–H groups in total. The minimum Gasteiger partial charge on any atom is -0.342 e. The Kier molecular flexibility index (Phi) is 4.90. The van der Waals surface area contributed by atoms with Gasteiger partial charge in [-0.1, -0.05) is 31.2 Å². The van der Waals surface area contributed by atoms with Gasteiger partial charge in [0.25, 0.3) is 0 Å². The number of nitrogens with zero attached hydrogens (tertiary/aromatic N) is 2. The first-order valence-corrected chi connectivity index (χ1v) is 9.53. The molecule has 2 heterocycles. The highest BCUT2D eigenvalue weighted by atomic mass is 32.2. The molecule has 7 heteroatoms. The van der Waals surface area contributed by atoms with Gasteiger partial charge in [0.15, 0.2) is 15.0 Å². The number of sulfone groups is 1. The number of carbonyl (C=O) groups is 1. The number of hydrogen-bond acceptors (Lipinski definition) is 4. The van der Waals surface area contributed by atoms with Gasteiger partial charge in [0, 0.05) is 18.2 Å². The van der Waals surface area contributed by atoms with Crippen molar-refractivity contribution in [2.75, 3.05) is 18.1 Å². The second kappa shape index (κ2) is 6.30. The summed E-state index contributed by atoms with van der Waals surface area (Å²) in [6.07, 6.45) is 3.97. The fraction of sp³-hybridized carbons (Fsp3) is 0.692. The molecule has 0 aromatic carbocycles. The number of thioether (sulfide) groups is 1. The van der Waals surface area contributed by atoms with Crippen molar-refractivity contribution in [3.05, 3.63) is 12.7 Å². The average Bonchev–Trinajstić information content (AvgIpc) is 2.81. The molecular formula is C13H20N2O3S2. The molecule has 0 saturated carbocycles. The maximum Gasteiger partial charge on any atom is 0.248 e. The highest BCUT2D eigenvalue weighted by Crippen LogP contribution is 2.38. The van der Waals surface area contributed by atoms with Crippen LogP contribution in [-0.4, -0.2) is 53.7 Å².